The van der Waals surface area contributed by atoms with Crippen molar-refractivity contribution in [3.8, 4) is 0 Å². The number of aromatic nitrogens is 2. The zero-order chi connectivity index (χ0) is 14.0. The molecule has 0 spiro atoms. The standard InChI is InChI=1S/C13H21N3O2S/c1-13(5-4-6-19-13)9-14-7-10-8-15(2)12(18)16(3)11(10)17/h8,14H,4-7,9H2,1-3H3. The maximum absolute atomic E-state index is 12.0. The van der Waals surface area contributed by atoms with Crippen LogP contribution in [0.5, 0.6) is 0 Å². The van der Waals surface area contributed by atoms with Crippen LogP contribution in [0, 0.1) is 0 Å². The Bertz CT molecular complexity index is 570. The summed E-state index contributed by atoms with van der Waals surface area (Å²) < 4.78 is 2.89. The fraction of sp³-hybridized carbons (Fsp3) is 0.692. The number of thioether (sulfide) groups is 1. The van der Waals surface area contributed by atoms with Crippen LogP contribution in [0.1, 0.15) is 25.3 Å². The molecule has 0 radical (unpaired) electrons. The highest BCUT2D eigenvalue weighted by Crippen LogP contribution is 2.36. The van der Waals surface area contributed by atoms with Gasteiger partial charge in [0.1, 0.15) is 0 Å². The first kappa shape index (κ1) is 14.4. The van der Waals surface area contributed by atoms with Crippen LogP contribution in [-0.2, 0) is 20.6 Å². The van der Waals surface area contributed by atoms with Crippen molar-refractivity contribution in [2.45, 2.75) is 31.1 Å². The largest absolute Gasteiger partial charge is 0.330 e. The minimum Gasteiger partial charge on any atom is -0.311 e. The lowest BCUT2D eigenvalue weighted by molar-refractivity contribution is 0.531. The Balaban J connectivity index is 2.04. The van der Waals surface area contributed by atoms with E-state index in [9.17, 15) is 9.59 Å². The molecule has 0 bridgehead atoms. The number of rotatable bonds is 4. The highest BCUT2D eigenvalue weighted by Gasteiger charge is 2.28. The van der Waals surface area contributed by atoms with Gasteiger partial charge in [-0.25, -0.2) is 4.79 Å². The van der Waals surface area contributed by atoms with Crippen molar-refractivity contribution in [2.75, 3.05) is 12.3 Å². The molecule has 0 amide bonds. The Morgan fingerprint density at radius 1 is 1.42 bits per heavy atom. The van der Waals surface area contributed by atoms with E-state index in [2.05, 4.69) is 12.2 Å². The van der Waals surface area contributed by atoms with Crippen LogP contribution in [0.15, 0.2) is 15.8 Å². The van der Waals surface area contributed by atoms with Gasteiger partial charge in [0, 0.05) is 43.7 Å². The van der Waals surface area contributed by atoms with Crippen molar-refractivity contribution in [3.05, 3.63) is 32.6 Å². The second kappa shape index (κ2) is 5.54. The van der Waals surface area contributed by atoms with Gasteiger partial charge in [0.25, 0.3) is 5.56 Å². The molecule has 19 heavy (non-hydrogen) atoms. The summed E-state index contributed by atoms with van der Waals surface area (Å²) in [5, 5.41) is 3.35. The van der Waals surface area contributed by atoms with Crippen LogP contribution in [0.25, 0.3) is 0 Å². The van der Waals surface area contributed by atoms with E-state index in [1.54, 1.807) is 13.2 Å². The lowest BCUT2D eigenvalue weighted by atomic mass is 10.1. The Morgan fingerprint density at radius 2 is 2.16 bits per heavy atom. The molecule has 0 aliphatic carbocycles. The van der Waals surface area contributed by atoms with Gasteiger partial charge in [0.05, 0.1) is 0 Å². The summed E-state index contributed by atoms with van der Waals surface area (Å²) in [7, 11) is 3.18. The van der Waals surface area contributed by atoms with Gasteiger partial charge in [0.15, 0.2) is 0 Å². The average Bonchev–Trinajstić information content (AvgIpc) is 2.80. The third-order valence-electron chi connectivity index (χ3n) is 3.63. The summed E-state index contributed by atoms with van der Waals surface area (Å²) in [6.45, 7) is 3.66. The van der Waals surface area contributed by atoms with E-state index in [-0.39, 0.29) is 16.0 Å². The van der Waals surface area contributed by atoms with Crippen molar-refractivity contribution in [3.63, 3.8) is 0 Å². The van der Waals surface area contributed by atoms with Crippen LogP contribution >= 0.6 is 11.8 Å². The van der Waals surface area contributed by atoms with Crippen LogP contribution in [0.3, 0.4) is 0 Å². The minimum absolute atomic E-state index is 0.208. The lowest BCUT2D eigenvalue weighted by Gasteiger charge is -2.23. The monoisotopic (exact) mass is 283 g/mol. The van der Waals surface area contributed by atoms with Gasteiger partial charge in [-0.05, 0) is 25.5 Å². The molecular weight excluding hydrogens is 262 g/mol. The fourth-order valence-electron chi connectivity index (χ4n) is 2.44. The second-order valence-corrected chi connectivity index (χ2v) is 7.10. The SMILES string of the molecule is Cn1cc(CNCC2(C)CCCS2)c(=O)n(C)c1=O. The smallest absolute Gasteiger partial charge is 0.311 e. The van der Waals surface area contributed by atoms with E-state index in [0.29, 0.717) is 12.1 Å². The second-order valence-electron chi connectivity index (χ2n) is 5.42. The molecule has 1 aromatic heterocycles. The van der Waals surface area contributed by atoms with E-state index < -0.39 is 0 Å². The number of hydrogen-bond acceptors (Lipinski definition) is 4. The third kappa shape index (κ3) is 3.12. The number of nitrogens with zero attached hydrogens (tertiary/aromatic N) is 2. The van der Waals surface area contributed by atoms with Gasteiger partial charge in [0.2, 0.25) is 0 Å². The Hall–Kier alpha value is -1.01. The average molecular weight is 283 g/mol. The van der Waals surface area contributed by atoms with Crippen LogP contribution < -0.4 is 16.6 Å². The van der Waals surface area contributed by atoms with Crippen molar-refractivity contribution >= 4 is 11.8 Å². The molecule has 106 valence electrons. The molecule has 6 heteroatoms. The molecule has 2 rings (SSSR count). The molecule has 1 unspecified atom stereocenters. The van der Waals surface area contributed by atoms with Gasteiger partial charge < -0.3 is 9.88 Å². The van der Waals surface area contributed by atoms with Crippen molar-refractivity contribution in [2.24, 2.45) is 14.1 Å². The van der Waals surface area contributed by atoms with Crippen molar-refractivity contribution < 1.29 is 0 Å². The predicted molar refractivity (Wildman–Crippen MR) is 78.7 cm³/mol. The van der Waals surface area contributed by atoms with E-state index >= 15 is 0 Å². The third-order valence-corrected chi connectivity index (χ3v) is 5.17. The first-order valence-electron chi connectivity index (χ1n) is 6.53. The Kier molecular flexibility index (Phi) is 4.20. The minimum atomic E-state index is -0.285. The first-order chi connectivity index (χ1) is 8.93. The summed E-state index contributed by atoms with van der Waals surface area (Å²) in [6, 6.07) is 0. The molecule has 0 saturated carbocycles. The molecular formula is C13H21N3O2S. The highest BCUT2D eigenvalue weighted by molar-refractivity contribution is 8.00. The number of nitrogens with one attached hydrogen (secondary N) is 1. The molecule has 1 atom stereocenters. The van der Waals surface area contributed by atoms with Crippen molar-refractivity contribution in [1.29, 1.82) is 0 Å². The summed E-state index contributed by atoms with van der Waals surface area (Å²) in [4.78, 5) is 23.5. The Labute approximate surface area is 117 Å². The van der Waals surface area contributed by atoms with Crippen LogP contribution in [0.4, 0.5) is 0 Å². The first-order valence-corrected chi connectivity index (χ1v) is 7.52. The van der Waals surface area contributed by atoms with E-state index in [0.717, 1.165) is 11.1 Å². The molecule has 2 heterocycles. The topological polar surface area (TPSA) is 56.0 Å². The van der Waals surface area contributed by atoms with Gasteiger partial charge in [-0.1, -0.05) is 0 Å². The maximum atomic E-state index is 12.0. The molecule has 5 nitrogen and oxygen atoms in total. The van der Waals surface area contributed by atoms with Crippen LogP contribution in [0.2, 0.25) is 0 Å². The molecule has 1 aromatic rings. The molecule has 1 saturated heterocycles. The summed E-state index contributed by atoms with van der Waals surface area (Å²) in [6.07, 6.45) is 4.11. The van der Waals surface area contributed by atoms with E-state index in [1.165, 1.54) is 30.2 Å². The molecule has 1 N–H and O–H groups in total. The zero-order valence-electron chi connectivity index (χ0n) is 11.7. The molecule has 1 aliphatic heterocycles. The van der Waals surface area contributed by atoms with Crippen LogP contribution in [-0.4, -0.2) is 26.2 Å². The molecule has 1 aliphatic rings. The zero-order valence-corrected chi connectivity index (χ0v) is 12.5. The van der Waals surface area contributed by atoms with E-state index in [4.69, 9.17) is 0 Å². The van der Waals surface area contributed by atoms with E-state index in [1.807, 2.05) is 11.8 Å². The number of aryl methyl sites for hydroxylation is 1. The predicted octanol–water partition coefficient (Wildman–Crippen LogP) is 0.459. The Morgan fingerprint density at radius 3 is 2.79 bits per heavy atom. The summed E-state index contributed by atoms with van der Waals surface area (Å²) in [5.41, 5.74) is 0.142. The van der Waals surface area contributed by atoms with Gasteiger partial charge in [-0.2, -0.15) is 11.8 Å². The van der Waals surface area contributed by atoms with Crippen molar-refractivity contribution in [1.82, 2.24) is 14.5 Å². The van der Waals surface area contributed by atoms with Gasteiger partial charge in [-0.3, -0.25) is 9.36 Å². The highest BCUT2D eigenvalue weighted by atomic mass is 32.2. The maximum Gasteiger partial charge on any atom is 0.330 e. The molecule has 1 fully saturated rings. The molecule has 0 aromatic carbocycles. The number of hydrogen-bond donors (Lipinski definition) is 1. The lowest BCUT2D eigenvalue weighted by Crippen LogP contribution is -2.40. The normalized spacial score (nSPS) is 22.9. The summed E-state index contributed by atoms with van der Waals surface area (Å²) >= 11 is 1.99. The quantitative estimate of drug-likeness (QED) is 0.872. The van der Waals surface area contributed by atoms with Gasteiger partial charge in [-0.15, -0.1) is 0 Å². The fourth-order valence-corrected chi connectivity index (χ4v) is 3.72. The summed E-state index contributed by atoms with van der Waals surface area (Å²) in [5.74, 6) is 1.22. The van der Waals surface area contributed by atoms with Gasteiger partial charge >= 0.3 is 5.69 Å².